The Morgan fingerprint density at radius 2 is 1.00 bits per heavy atom. The number of phenols is 1. The first-order valence-electron chi connectivity index (χ1n) is 9.80. The van der Waals surface area contributed by atoms with E-state index in [0.717, 1.165) is 11.1 Å². The van der Waals surface area contributed by atoms with Gasteiger partial charge in [-0.15, -0.1) is 0 Å². The van der Waals surface area contributed by atoms with Gasteiger partial charge in [0.2, 0.25) is 11.5 Å². The van der Waals surface area contributed by atoms with Crippen molar-refractivity contribution in [1.29, 1.82) is 0 Å². The van der Waals surface area contributed by atoms with Crippen molar-refractivity contribution in [2.45, 2.75) is 26.1 Å². The van der Waals surface area contributed by atoms with Crippen molar-refractivity contribution >= 4 is 0 Å². The molecular weight excluding hydrogens is 388 g/mol. The van der Waals surface area contributed by atoms with Crippen molar-refractivity contribution in [3.05, 3.63) is 35.4 Å². The summed E-state index contributed by atoms with van der Waals surface area (Å²) in [6, 6.07) is 7.44. The first-order chi connectivity index (χ1) is 14.4. The fourth-order valence-corrected chi connectivity index (χ4v) is 4.07. The number of hydrogen-bond donors (Lipinski definition) is 1. The largest absolute Gasteiger partial charge is 0.502 e. The minimum absolute atomic E-state index is 0.0244. The Morgan fingerprint density at radius 3 is 1.33 bits per heavy atom. The SMILES string of the molecule is COc1cc([C@H]2O[C@@H](c3cc(OC)c(OC)c(OC)c3)[C@H](C)[C@@H]2C)cc(OC)c1O. The fourth-order valence-electron chi connectivity index (χ4n) is 4.07. The summed E-state index contributed by atoms with van der Waals surface area (Å²) in [6.45, 7) is 4.31. The minimum Gasteiger partial charge on any atom is -0.502 e. The van der Waals surface area contributed by atoms with Crippen LogP contribution < -0.4 is 23.7 Å². The van der Waals surface area contributed by atoms with Crippen LogP contribution in [0, 0.1) is 11.8 Å². The van der Waals surface area contributed by atoms with Gasteiger partial charge in [-0.2, -0.15) is 0 Å². The molecular formula is C23H30O7. The van der Waals surface area contributed by atoms with Crippen molar-refractivity contribution in [3.63, 3.8) is 0 Å². The number of phenolic OH excluding ortho intramolecular Hbond substituents is 1. The molecule has 0 amide bonds. The van der Waals surface area contributed by atoms with Gasteiger partial charge in [-0.25, -0.2) is 0 Å². The summed E-state index contributed by atoms with van der Waals surface area (Å²) in [7, 11) is 7.80. The summed E-state index contributed by atoms with van der Waals surface area (Å²) in [5.41, 5.74) is 1.83. The maximum atomic E-state index is 10.2. The molecule has 0 aromatic heterocycles. The molecule has 30 heavy (non-hydrogen) atoms. The first kappa shape index (κ1) is 21.9. The molecule has 2 aromatic rings. The van der Waals surface area contributed by atoms with E-state index in [0.29, 0.717) is 28.7 Å². The van der Waals surface area contributed by atoms with Gasteiger partial charge in [-0.3, -0.25) is 0 Å². The predicted molar refractivity (Wildman–Crippen MR) is 112 cm³/mol. The molecule has 0 radical (unpaired) electrons. The molecule has 0 spiro atoms. The quantitative estimate of drug-likeness (QED) is 0.708. The summed E-state index contributed by atoms with van der Waals surface area (Å²) < 4.78 is 33.6. The van der Waals surface area contributed by atoms with Crippen LogP contribution in [0.25, 0.3) is 0 Å². The summed E-state index contributed by atoms with van der Waals surface area (Å²) in [5.74, 6) is 2.82. The number of ether oxygens (including phenoxy) is 6. The summed E-state index contributed by atoms with van der Waals surface area (Å²) in [5, 5.41) is 10.2. The Balaban J connectivity index is 2.00. The van der Waals surface area contributed by atoms with Crippen LogP contribution in [-0.2, 0) is 4.74 Å². The van der Waals surface area contributed by atoms with E-state index in [1.807, 2.05) is 12.1 Å². The molecule has 0 aliphatic carbocycles. The molecule has 7 heteroatoms. The Morgan fingerprint density at radius 1 is 0.633 bits per heavy atom. The molecule has 0 bridgehead atoms. The van der Waals surface area contributed by atoms with E-state index in [4.69, 9.17) is 28.4 Å². The number of benzene rings is 2. The highest BCUT2D eigenvalue weighted by Crippen LogP contribution is 2.53. The predicted octanol–water partition coefficient (Wildman–Crippen LogP) is 4.52. The van der Waals surface area contributed by atoms with Gasteiger partial charge in [0, 0.05) is 0 Å². The lowest BCUT2D eigenvalue weighted by molar-refractivity contribution is 0.0285. The third-order valence-corrected chi connectivity index (χ3v) is 5.92. The average Bonchev–Trinajstić information content (AvgIpc) is 3.07. The second-order valence-corrected chi connectivity index (χ2v) is 7.43. The highest BCUT2D eigenvalue weighted by Gasteiger charge is 2.41. The van der Waals surface area contributed by atoms with E-state index >= 15 is 0 Å². The zero-order valence-corrected chi connectivity index (χ0v) is 18.5. The molecule has 1 heterocycles. The highest BCUT2D eigenvalue weighted by molar-refractivity contribution is 5.55. The van der Waals surface area contributed by atoms with E-state index in [2.05, 4.69) is 13.8 Å². The monoisotopic (exact) mass is 418 g/mol. The van der Waals surface area contributed by atoms with Crippen LogP contribution in [0.5, 0.6) is 34.5 Å². The van der Waals surface area contributed by atoms with Crippen LogP contribution in [0.1, 0.15) is 37.2 Å². The van der Waals surface area contributed by atoms with Crippen molar-refractivity contribution in [2.24, 2.45) is 11.8 Å². The first-order valence-corrected chi connectivity index (χ1v) is 9.80. The third kappa shape index (κ3) is 3.69. The van der Waals surface area contributed by atoms with Gasteiger partial charge in [0.1, 0.15) is 0 Å². The van der Waals surface area contributed by atoms with Gasteiger partial charge in [0.05, 0.1) is 47.8 Å². The van der Waals surface area contributed by atoms with Crippen LogP contribution in [0.3, 0.4) is 0 Å². The Kier molecular flexibility index (Phi) is 6.51. The highest BCUT2D eigenvalue weighted by atomic mass is 16.5. The Labute approximate surface area is 177 Å². The van der Waals surface area contributed by atoms with Crippen LogP contribution in [0.2, 0.25) is 0 Å². The smallest absolute Gasteiger partial charge is 0.203 e. The summed E-state index contributed by atoms with van der Waals surface area (Å²) in [4.78, 5) is 0. The van der Waals surface area contributed by atoms with Gasteiger partial charge in [0.25, 0.3) is 0 Å². The maximum Gasteiger partial charge on any atom is 0.203 e. The topological polar surface area (TPSA) is 75.6 Å². The molecule has 164 valence electrons. The van der Waals surface area contributed by atoms with Crippen molar-refractivity contribution in [2.75, 3.05) is 35.5 Å². The van der Waals surface area contributed by atoms with Gasteiger partial charge >= 0.3 is 0 Å². The summed E-state index contributed by atoms with van der Waals surface area (Å²) in [6.07, 6.45) is -0.378. The molecule has 1 aliphatic rings. The van der Waals surface area contributed by atoms with Gasteiger partial charge in [0.15, 0.2) is 23.0 Å². The molecule has 0 saturated carbocycles. The fraction of sp³-hybridized carbons (Fsp3) is 0.478. The number of rotatable bonds is 7. The summed E-state index contributed by atoms with van der Waals surface area (Å²) >= 11 is 0. The van der Waals surface area contributed by atoms with E-state index in [1.165, 1.54) is 14.2 Å². The van der Waals surface area contributed by atoms with E-state index in [1.54, 1.807) is 33.5 Å². The van der Waals surface area contributed by atoms with Crippen molar-refractivity contribution in [3.8, 4) is 34.5 Å². The van der Waals surface area contributed by atoms with E-state index in [9.17, 15) is 5.11 Å². The van der Waals surface area contributed by atoms with Crippen molar-refractivity contribution in [1.82, 2.24) is 0 Å². The maximum absolute atomic E-state index is 10.2. The zero-order chi connectivity index (χ0) is 22.0. The lowest BCUT2D eigenvalue weighted by Crippen LogP contribution is -2.10. The van der Waals surface area contributed by atoms with Crippen LogP contribution in [-0.4, -0.2) is 40.7 Å². The minimum atomic E-state index is -0.201. The van der Waals surface area contributed by atoms with Gasteiger partial charge in [-0.05, 0) is 47.2 Å². The van der Waals surface area contributed by atoms with Gasteiger partial charge in [-0.1, -0.05) is 13.8 Å². The standard InChI is InChI=1S/C23H30O7/c1-12-13(2)22(15-10-18(27-5)23(29-7)19(11-15)28-6)30-21(12)14-8-16(25-3)20(24)17(9-14)26-4/h8-13,21-22,24H,1-7H3/t12-,13+,21-,22+/m0/s1. The Bertz CT molecular complexity index is 845. The molecule has 4 atom stereocenters. The van der Waals surface area contributed by atoms with Crippen LogP contribution in [0.4, 0.5) is 0 Å². The molecule has 7 nitrogen and oxygen atoms in total. The van der Waals surface area contributed by atoms with Crippen LogP contribution in [0.15, 0.2) is 24.3 Å². The average molecular weight is 418 g/mol. The Hall–Kier alpha value is -2.80. The lowest BCUT2D eigenvalue weighted by atomic mass is 9.85. The number of aromatic hydroxyl groups is 1. The lowest BCUT2D eigenvalue weighted by Gasteiger charge is -2.20. The molecule has 1 aliphatic heterocycles. The molecule has 1 N–H and O–H groups in total. The van der Waals surface area contributed by atoms with E-state index in [-0.39, 0.29) is 29.8 Å². The third-order valence-electron chi connectivity index (χ3n) is 5.92. The van der Waals surface area contributed by atoms with Gasteiger partial charge < -0.3 is 33.5 Å². The van der Waals surface area contributed by atoms with Crippen molar-refractivity contribution < 1.29 is 33.5 Å². The molecule has 2 aromatic carbocycles. The zero-order valence-electron chi connectivity index (χ0n) is 18.5. The molecule has 0 unspecified atom stereocenters. The molecule has 1 saturated heterocycles. The molecule has 1 fully saturated rings. The van der Waals surface area contributed by atoms with E-state index < -0.39 is 0 Å². The number of methoxy groups -OCH3 is 5. The van der Waals surface area contributed by atoms with Crippen LogP contribution >= 0.6 is 0 Å². The molecule has 3 rings (SSSR count). The normalized spacial score (nSPS) is 23.2. The number of hydrogen-bond acceptors (Lipinski definition) is 7. The second-order valence-electron chi connectivity index (χ2n) is 7.43. The second kappa shape index (κ2) is 8.92.